The monoisotopic (exact) mass is 254 g/mol. The number of nitrogens with zero attached hydrogens (tertiary/aromatic N) is 1. The summed E-state index contributed by atoms with van der Waals surface area (Å²) in [4.78, 5) is 3.89. The number of hydrogen-bond donors (Lipinski definition) is 1. The Hall–Kier alpha value is -0.420. The van der Waals surface area contributed by atoms with Gasteiger partial charge in [-0.15, -0.1) is 11.3 Å². The minimum Gasteiger partial charge on any atom is -0.374 e. The summed E-state index contributed by atoms with van der Waals surface area (Å²) in [6, 6.07) is 2.18. The molecule has 1 saturated heterocycles. The van der Waals surface area contributed by atoms with Crippen LogP contribution in [0, 0.1) is 6.92 Å². The minimum atomic E-state index is 0.351. The molecular weight excluding hydrogens is 232 g/mol. The lowest BCUT2D eigenvalue weighted by Gasteiger charge is -2.32. The molecule has 3 nitrogen and oxygen atoms in total. The molecule has 96 valence electrons. The molecule has 1 fully saturated rings. The van der Waals surface area contributed by atoms with Crippen LogP contribution >= 0.6 is 11.3 Å². The van der Waals surface area contributed by atoms with E-state index in [2.05, 4.69) is 35.5 Å². The van der Waals surface area contributed by atoms with Crippen LogP contribution < -0.4 is 5.32 Å². The zero-order valence-corrected chi connectivity index (χ0v) is 11.6. The van der Waals surface area contributed by atoms with Crippen LogP contribution in [0.25, 0.3) is 0 Å². The van der Waals surface area contributed by atoms with E-state index >= 15 is 0 Å². The second-order valence-electron chi connectivity index (χ2n) is 4.54. The van der Waals surface area contributed by atoms with Crippen molar-refractivity contribution in [2.24, 2.45) is 0 Å². The lowest BCUT2D eigenvalue weighted by molar-refractivity contribution is -0.0253. The number of thiophene rings is 1. The molecule has 1 aromatic heterocycles. The van der Waals surface area contributed by atoms with Crippen LogP contribution in [-0.4, -0.2) is 43.8 Å². The van der Waals surface area contributed by atoms with Gasteiger partial charge in [0.1, 0.15) is 0 Å². The Kier molecular flexibility index (Phi) is 4.98. The van der Waals surface area contributed by atoms with E-state index in [1.165, 1.54) is 10.4 Å². The van der Waals surface area contributed by atoms with E-state index in [0.717, 1.165) is 39.3 Å². The molecule has 1 atom stereocenters. The van der Waals surface area contributed by atoms with Crippen LogP contribution in [0.3, 0.4) is 0 Å². The third kappa shape index (κ3) is 3.78. The molecule has 4 heteroatoms. The maximum Gasteiger partial charge on any atom is 0.0826 e. The Labute approximate surface area is 108 Å². The normalized spacial score (nSPS) is 21.9. The first-order chi connectivity index (χ1) is 8.29. The molecule has 0 saturated carbocycles. The van der Waals surface area contributed by atoms with Crippen LogP contribution in [0.4, 0.5) is 0 Å². The maximum atomic E-state index is 5.76. The summed E-state index contributed by atoms with van der Waals surface area (Å²) in [7, 11) is 0. The van der Waals surface area contributed by atoms with Gasteiger partial charge in [-0.05, 0) is 30.5 Å². The summed E-state index contributed by atoms with van der Waals surface area (Å²) in [6.45, 7) is 10.4. The van der Waals surface area contributed by atoms with Crippen molar-refractivity contribution in [1.29, 1.82) is 0 Å². The number of likely N-dealkylation sites (N-methyl/N-ethyl adjacent to an activating group) is 1. The van der Waals surface area contributed by atoms with Crippen molar-refractivity contribution >= 4 is 11.3 Å². The number of rotatable bonds is 5. The summed E-state index contributed by atoms with van der Waals surface area (Å²) in [5.74, 6) is 0. The standard InChI is InChI=1S/C13H22N2OS/c1-3-15-5-6-16-12(10-15)8-14-9-13-11(2)4-7-17-13/h4,7,12,14H,3,5-6,8-10H2,1-2H3. The van der Waals surface area contributed by atoms with Crippen molar-refractivity contribution in [3.05, 3.63) is 21.9 Å². The van der Waals surface area contributed by atoms with E-state index in [-0.39, 0.29) is 0 Å². The first-order valence-corrected chi connectivity index (χ1v) is 7.25. The highest BCUT2D eigenvalue weighted by molar-refractivity contribution is 7.10. The Bertz CT molecular complexity index is 340. The molecule has 0 aromatic carbocycles. The first-order valence-electron chi connectivity index (χ1n) is 6.37. The van der Waals surface area contributed by atoms with Crippen LogP contribution in [0.2, 0.25) is 0 Å². The smallest absolute Gasteiger partial charge is 0.0826 e. The molecule has 2 rings (SSSR count). The second kappa shape index (κ2) is 6.50. The Morgan fingerprint density at radius 2 is 2.47 bits per heavy atom. The van der Waals surface area contributed by atoms with E-state index in [9.17, 15) is 0 Å². The predicted octanol–water partition coefficient (Wildman–Crippen LogP) is 1.87. The molecule has 1 aromatic rings. The van der Waals surface area contributed by atoms with Gasteiger partial charge in [0.15, 0.2) is 0 Å². The topological polar surface area (TPSA) is 24.5 Å². The number of hydrogen-bond acceptors (Lipinski definition) is 4. The molecule has 1 aliphatic rings. The van der Waals surface area contributed by atoms with Crippen LogP contribution in [0.1, 0.15) is 17.4 Å². The van der Waals surface area contributed by atoms with Gasteiger partial charge in [0.25, 0.3) is 0 Å². The quantitative estimate of drug-likeness (QED) is 0.868. The van der Waals surface area contributed by atoms with Crippen molar-refractivity contribution in [3.8, 4) is 0 Å². The van der Waals surface area contributed by atoms with Gasteiger partial charge >= 0.3 is 0 Å². The molecule has 0 radical (unpaired) electrons. The fourth-order valence-electron chi connectivity index (χ4n) is 2.12. The van der Waals surface area contributed by atoms with Gasteiger partial charge in [0, 0.05) is 31.1 Å². The lowest BCUT2D eigenvalue weighted by atomic mass is 10.2. The Morgan fingerprint density at radius 3 is 3.18 bits per heavy atom. The molecular formula is C13H22N2OS. The SMILES string of the molecule is CCN1CCOC(CNCc2sccc2C)C1. The summed E-state index contributed by atoms with van der Waals surface area (Å²) in [5.41, 5.74) is 1.39. The molecule has 1 aliphatic heterocycles. The maximum absolute atomic E-state index is 5.76. The van der Waals surface area contributed by atoms with Gasteiger partial charge in [-0.3, -0.25) is 4.90 Å². The third-order valence-corrected chi connectivity index (χ3v) is 4.32. The van der Waals surface area contributed by atoms with E-state index in [1.807, 2.05) is 11.3 Å². The summed E-state index contributed by atoms with van der Waals surface area (Å²) >= 11 is 1.83. The first kappa shape index (κ1) is 13.0. The van der Waals surface area contributed by atoms with Gasteiger partial charge in [-0.1, -0.05) is 6.92 Å². The number of morpholine rings is 1. The molecule has 0 spiro atoms. The van der Waals surface area contributed by atoms with E-state index in [0.29, 0.717) is 6.10 Å². The molecule has 1 N–H and O–H groups in total. The van der Waals surface area contributed by atoms with Gasteiger partial charge < -0.3 is 10.1 Å². The zero-order valence-electron chi connectivity index (χ0n) is 10.7. The van der Waals surface area contributed by atoms with Crippen LogP contribution in [-0.2, 0) is 11.3 Å². The summed E-state index contributed by atoms with van der Waals surface area (Å²) in [5, 5.41) is 5.66. The average Bonchev–Trinajstić information content (AvgIpc) is 2.76. The largest absolute Gasteiger partial charge is 0.374 e. The molecule has 17 heavy (non-hydrogen) atoms. The van der Waals surface area contributed by atoms with E-state index < -0.39 is 0 Å². The van der Waals surface area contributed by atoms with E-state index in [1.54, 1.807) is 0 Å². The Balaban J connectivity index is 1.70. The molecule has 2 heterocycles. The molecule has 0 amide bonds. The van der Waals surface area contributed by atoms with Crippen molar-refractivity contribution in [1.82, 2.24) is 10.2 Å². The van der Waals surface area contributed by atoms with Crippen molar-refractivity contribution in [3.63, 3.8) is 0 Å². The molecule has 0 bridgehead atoms. The van der Waals surface area contributed by atoms with E-state index in [4.69, 9.17) is 4.74 Å². The fraction of sp³-hybridized carbons (Fsp3) is 0.692. The van der Waals surface area contributed by atoms with Crippen molar-refractivity contribution in [2.75, 3.05) is 32.8 Å². The second-order valence-corrected chi connectivity index (χ2v) is 5.54. The fourth-order valence-corrected chi connectivity index (χ4v) is 3.00. The van der Waals surface area contributed by atoms with Gasteiger partial charge in [-0.25, -0.2) is 0 Å². The number of ether oxygens (including phenoxy) is 1. The summed E-state index contributed by atoms with van der Waals surface area (Å²) in [6.07, 6.45) is 0.351. The van der Waals surface area contributed by atoms with Crippen molar-refractivity contribution < 1.29 is 4.74 Å². The van der Waals surface area contributed by atoms with Gasteiger partial charge in [0.2, 0.25) is 0 Å². The predicted molar refractivity (Wildman–Crippen MR) is 72.6 cm³/mol. The lowest BCUT2D eigenvalue weighted by Crippen LogP contribution is -2.46. The summed E-state index contributed by atoms with van der Waals surface area (Å²) < 4.78 is 5.76. The number of nitrogens with one attached hydrogen (secondary N) is 1. The zero-order chi connectivity index (χ0) is 12.1. The van der Waals surface area contributed by atoms with Crippen molar-refractivity contribution in [2.45, 2.75) is 26.5 Å². The third-order valence-electron chi connectivity index (χ3n) is 3.30. The minimum absolute atomic E-state index is 0.351. The molecule has 0 aliphatic carbocycles. The highest BCUT2D eigenvalue weighted by Crippen LogP contribution is 2.14. The number of aryl methyl sites for hydroxylation is 1. The molecule has 1 unspecified atom stereocenters. The van der Waals surface area contributed by atoms with Gasteiger partial charge in [-0.2, -0.15) is 0 Å². The highest BCUT2D eigenvalue weighted by atomic mass is 32.1. The Morgan fingerprint density at radius 1 is 1.59 bits per heavy atom. The average molecular weight is 254 g/mol. The van der Waals surface area contributed by atoms with Crippen LogP contribution in [0.5, 0.6) is 0 Å². The van der Waals surface area contributed by atoms with Crippen LogP contribution in [0.15, 0.2) is 11.4 Å². The highest BCUT2D eigenvalue weighted by Gasteiger charge is 2.18. The van der Waals surface area contributed by atoms with Gasteiger partial charge in [0.05, 0.1) is 12.7 Å².